The quantitative estimate of drug-likeness (QED) is 0.414. The lowest BCUT2D eigenvalue weighted by Gasteiger charge is -2.17. The molecule has 3 rings (SSSR count). The summed E-state index contributed by atoms with van der Waals surface area (Å²) in [6, 6.07) is 11.5. The number of tetrazole rings is 1. The van der Waals surface area contributed by atoms with Crippen LogP contribution in [0.5, 0.6) is 5.75 Å². The van der Waals surface area contributed by atoms with Gasteiger partial charge in [-0.3, -0.25) is 0 Å². The average Bonchev–Trinajstić information content (AvgIpc) is 3.00. The summed E-state index contributed by atoms with van der Waals surface area (Å²) in [5.41, 5.74) is 4.59. The Morgan fingerprint density at radius 3 is 2.32 bits per heavy atom. The molecule has 8 heteroatoms. The highest BCUT2D eigenvalue weighted by atomic mass is 16.6. The standard InChI is InChI=1S/C20H23N5O3/c1-12-9-13(2)11-15(10-12)14(3)19(28-21)18-16(7-6-8-17(18)27-5)25-20(26)24(4)22-23-25/h6-11H,21H2,1-5H3/b19-14+. The van der Waals surface area contributed by atoms with E-state index < -0.39 is 5.69 Å². The normalized spacial score (nSPS) is 11.9. The van der Waals surface area contributed by atoms with Crippen LogP contribution in [0.4, 0.5) is 0 Å². The van der Waals surface area contributed by atoms with Crippen molar-refractivity contribution in [1.29, 1.82) is 0 Å². The first-order valence-electron chi connectivity index (χ1n) is 8.70. The first-order valence-corrected chi connectivity index (χ1v) is 8.70. The number of nitrogens with zero attached hydrogens (tertiary/aromatic N) is 4. The zero-order chi connectivity index (χ0) is 20.4. The lowest BCUT2D eigenvalue weighted by atomic mass is 9.97. The van der Waals surface area contributed by atoms with E-state index in [4.69, 9.17) is 15.5 Å². The van der Waals surface area contributed by atoms with Crippen molar-refractivity contribution in [2.45, 2.75) is 20.8 Å². The Bertz CT molecular complexity index is 1090. The topological polar surface area (TPSA) is 97.2 Å². The van der Waals surface area contributed by atoms with Gasteiger partial charge in [0.1, 0.15) is 5.75 Å². The van der Waals surface area contributed by atoms with E-state index in [0.29, 0.717) is 22.8 Å². The number of hydrogen-bond acceptors (Lipinski definition) is 6. The number of aromatic nitrogens is 4. The molecule has 2 N–H and O–H groups in total. The van der Waals surface area contributed by atoms with E-state index in [1.54, 1.807) is 25.3 Å². The maximum absolute atomic E-state index is 12.4. The van der Waals surface area contributed by atoms with Crippen molar-refractivity contribution in [3.05, 3.63) is 69.1 Å². The van der Waals surface area contributed by atoms with Crippen LogP contribution < -0.4 is 16.3 Å². The van der Waals surface area contributed by atoms with Gasteiger partial charge in [-0.25, -0.2) is 4.79 Å². The van der Waals surface area contributed by atoms with Gasteiger partial charge >= 0.3 is 5.69 Å². The van der Waals surface area contributed by atoms with Crippen molar-refractivity contribution in [2.75, 3.05) is 7.11 Å². The van der Waals surface area contributed by atoms with Gasteiger partial charge in [-0.05, 0) is 48.9 Å². The van der Waals surface area contributed by atoms with Crippen LogP contribution in [0.15, 0.2) is 41.2 Å². The second kappa shape index (κ2) is 7.69. The van der Waals surface area contributed by atoms with Crippen molar-refractivity contribution in [2.24, 2.45) is 12.9 Å². The van der Waals surface area contributed by atoms with E-state index in [9.17, 15) is 4.79 Å². The van der Waals surface area contributed by atoms with Gasteiger partial charge in [-0.15, -0.1) is 0 Å². The van der Waals surface area contributed by atoms with Gasteiger partial charge in [0, 0.05) is 12.6 Å². The van der Waals surface area contributed by atoms with Crippen LogP contribution in [-0.2, 0) is 11.9 Å². The monoisotopic (exact) mass is 381 g/mol. The van der Waals surface area contributed by atoms with Gasteiger partial charge in [0.25, 0.3) is 0 Å². The molecule has 0 spiro atoms. The third kappa shape index (κ3) is 3.41. The molecule has 28 heavy (non-hydrogen) atoms. The average molecular weight is 381 g/mol. The summed E-state index contributed by atoms with van der Waals surface area (Å²) in [6.07, 6.45) is 0. The molecule has 0 aliphatic rings. The second-order valence-corrected chi connectivity index (χ2v) is 6.60. The molecule has 1 aromatic heterocycles. The summed E-state index contributed by atoms with van der Waals surface area (Å²) < 4.78 is 7.86. The maximum Gasteiger partial charge on any atom is 0.368 e. The van der Waals surface area contributed by atoms with Gasteiger partial charge < -0.3 is 9.57 Å². The zero-order valence-electron chi connectivity index (χ0n) is 16.6. The molecule has 0 saturated carbocycles. The molecule has 0 aliphatic carbocycles. The number of ether oxygens (including phenoxy) is 1. The molecule has 0 aliphatic heterocycles. The number of aryl methyl sites for hydroxylation is 3. The van der Waals surface area contributed by atoms with Gasteiger partial charge in [0.2, 0.25) is 0 Å². The Kier molecular flexibility index (Phi) is 5.32. The van der Waals surface area contributed by atoms with E-state index in [1.807, 2.05) is 32.9 Å². The smallest absolute Gasteiger partial charge is 0.368 e. The first-order chi connectivity index (χ1) is 13.4. The zero-order valence-corrected chi connectivity index (χ0v) is 16.6. The largest absolute Gasteiger partial charge is 0.496 e. The Morgan fingerprint density at radius 1 is 1.11 bits per heavy atom. The number of nitrogens with two attached hydrogens (primary N) is 1. The number of allylic oxidation sites excluding steroid dienone is 1. The summed E-state index contributed by atoms with van der Waals surface area (Å²) in [5, 5.41) is 7.73. The molecular weight excluding hydrogens is 358 g/mol. The van der Waals surface area contributed by atoms with E-state index in [-0.39, 0.29) is 0 Å². The predicted octanol–water partition coefficient (Wildman–Crippen LogP) is 2.37. The highest BCUT2D eigenvalue weighted by molar-refractivity contribution is 5.91. The van der Waals surface area contributed by atoms with Crippen molar-refractivity contribution in [3.63, 3.8) is 0 Å². The van der Waals surface area contributed by atoms with Crippen LogP contribution in [-0.4, -0.2) is 26.9 Å². The van der Waals surface area contributed by atoms with Gasteiger partial charge in [-0.1, -0.05) is 35.4 Å². The van der Waals surface area contributed by atoms with Crippen molar-refractivity contribution in [3.8, 4) is 11.4 Å². The summed E-state index contributed by atoms with van der Waals surface area (Å²) in [5.74, 6) is 6.57. The third-order valence-corrected chi connectivity index (χ3v) is 4.51. The minimum atomic E-state index is -0.394. The summed E-state index contributed by atoms with van der Waals surface area (Å²) in [6.45, 7) is 5.97. The Balaban J connectivity index is 2.33. The molecule has 2 aromatic carbocycles. The van der Waals surface area contributed by atoms with E-state index in [0.717, 1.165) is 26.9 Å². The van der Waals surface area contributed by atoms with Crippen molar-refractivity contribution in [1.82, 2.24) is 19.8 Å². The lowest BCUT2D eigenvalue weighted by molar-refractivity contribution is 0.289. The molecule has 3 aromatic rings. The van der Waals surface area contributed by atoms with Crippen LogP contribution in [0.2, 0.25) is 0 Å². The molecule has 0 amide bonds. The van der Waals surface area contributed by atoms with E-state index in [1.165, 1.54) is 11.7 Å². The predicted molar refractivity (Wildman–Crippen MR) is 107 cm³/mol. The van der Waals surface area contributed by atoms with Crippen molar-refractivity contribution >= 4 is 11.3 Å². The fraction of sp³-hybridized carbons (Fsp3) is 0.250. The lowest BCUT2D eigenvalue weighted by Crippen LogP contribution is -2.23. The van der Waals surface area contributed by atoms with Crippen LogP contribution >= 0.6 is 0 Å². The molecule has 1 heterocycles. The third-order valence-electron chi connectivity index (χ3n) is 4.51. The molecular formula is C20H23N5O3. The number of benzene rings is 2. The minimum absolute atomic E-state index is 0.384. The number of rotatable bonds is 5. The van der Waals surface area contributed by atoms with Gasteiger partial charge in [0.15, 0.2) is 5.76 Å². The summed E-state index contributed by atoms with van der Waals surface area (Å²) >= 11 is 0. The molecule has 0 atom stereocenters. The van der Waals surface area contributed by atoms with Crippen LogP contribution in [0.3, 0.4) is 0 Å². The second-order valence-electron chi connectivity index (χ2n) is 6.60. The highest BCUT2D eigenvalue weighted by Crippen LogP contribution is 2.36. The minimum Gasteiger partial charge on any atom is -0.496 e. The molecule has 0 radical (unpaired) electrons. The molecule has 0 bridgehead atoms. The van der Waals surface area contributed by atoms with Crippen LogP contribution in [0.25, 0.3) is 17.0 Å². The molecule has 0 fully saturated rings. The number of methoxy groups -OCH3 is 1. The first kappa shape index (κ1) is 19.4. The van der Waals surface area contributed by atoms with E-state index in [2.05, 4.69) is 16.5 Å². The molecule has 0 saturated heterocycles. The number of hydrogen-bond donors (Lipinski definition) is 1. The fourth-order valence-electron chi connectivity index (χ4n) is 3.22. The van der Waals surface area contributed by atoms with E-state index >= 15 is 0 Å². The van der Waals surface area contributed by atoms with Gasteiger partial charge in [-0.2, -0.15) is 15.3 Å². The summed E-state index contributed by atoms with van der Waals surface area (Å²) in [7, 11) is 3.07. The highest BCUT2D eigenvalue weighted by Gasteiger charge is 2.22. The molecule has 146 valence electrons. The fourth-order valence-corrected chi connectivity index (χ4v) is 3.22. The van der Waals surface area contributed by atoms with Gasteiger partial charge in [0.05, 0.1) is 18.4 Å². The molecule has 0 unspecified atom stereocenters. The Morgan fingerprint density at radius 2 is 1.79 bits per heavy atom. The Hall–Kier alpha value is -3.39. The van der Waals surface area contributed by atoms with Crippen LogP contribution in [0.1, 0.15) is 29.2 Å². The maximum atomic E-state index is 12.4. The van der Waals surface area contributed by atoms with Crippen LogP contribution in [0, 0.1) is 13.8 Å². The Labute approximate surface area is 162 Å². The SMILES string of the molecule is COc1cccc(-n2nnn(C)c2=O)c1/C(ON)=C(/C)c1cc(C)cc(C)c1. The van der Waals surface area contributed by atoms with Crippen molar-refractivity contribution < 1.29 is 9.57 Å². The molecule has 8 nitrogen and oxygen atoms in total. The summed E-state index contributed by atoms with van der Waals surface area (Å²) in [4.78, 5) is 17.7.